The molecule has 1 radical (unpaired) electrons. The van der Waals surface area contributed by atoms with Crippen LogP contribution in [-0.4, -0.2) is 15.9 Å². The fourth-order valence-electron chi connectivity index (χ4n) is 6.67. The van der Waals surface area contributed by atoms with Gasteiger partial charge in [0, 0.05) is 64.7 Å². The Balaban J connectivity index is 0.000000209. The van der Waals surface area contributed by atoms with E-state index in [-0.39, 0.29) is 43.5 Å². The number of aliphatic hydroxyl groups is 1. The summed E-state index contributed by atoms with van der Waals surface area (Å²) in [6.07, 6.45) is 6.86. The molecule has 7 aromatic rings. The van der Waals surface area contributed by atoms with Gasteiger partial charge in [0.2, 0.25) is 0 Å². The summed E-state index contributed by atoms with van der Waals surface area (Å²) >= 11 is 1.91. The van der Waals surface area contributed by atoms with Crippen molar-refractivity contribution in [3.8, 4) is 0 Å². The molecule has 0 atom stereocenters. The molecule has 227 valence electrons. The van der Waals surface area contributed by atoms with Gasteiger partial charge >= 0.3 is 0 Å². The molecule has 44 heavy (non-hydrogen) atoms. The second-order valence-corrected chi connectivity index (χ2v) is 12.7. The van der Waals surface area contributed by atoms with Crippen LogP contribution in [0.1, 0.15) is 58.3 Å². The molecule has 0 spiro atoms. The van der Waals surface area contributed by atoms with Gasteiger partial charge in [-0.25, -0.2) is 0 Å². The van der Waals surface area contributed by atoms with E-state index >= 15 is 0 Å². The maximum absolute atomic E-state index is 11.7. The van der Waals surface area contributed by atoms with Gasteiger partial charge in [0.1, 0.15) is 0 Å². The number of aliphatic hydroxyl groups excluding tert-OH is 1. The molecule has 5 aromatic carbocycles. The number of aromatic nitrogens is 1. The summed E-state index contributed by atoms with van der Waals surface area (Å²) in [5.74, 6) is 0.547. The van der Waals surface area contributed by atoms with E-state index < -0.39 is 0 Å². The second kappa shape index (κ2) is 13.3. The summed E-state index contributed by atoms with van der Waals surface area (Å²) in [5.41, 5.74) is 1.07. The van der Waals surface area contributed by atoms with Crippen LogP contribution in [0.15, 0.2) is 78.7 Å². The first kappa shape index (κ1) is 32.0. The Morgan fingerprint density at radius 3 is 2.20 bits per heavy atom. The molecular formula is C39H38IrNO2S-. The zero-order chi connectivity index (χ0) is 30.2. The normalized spacial score (nSPS) is 12.2. The van der Waals surface area contributed by atoms with Gasteiger partial charge in [0.25, 0.3) is 0 Å². The predicted molar refractivity (Wildman–Crippen MR) is 186 cm³/mol. The number of fused-ring (bicyclic) bond motifs is 7. The van der Waals surface area contributed by atoms with Gasteiger partial charge in [0.15, 0.2) is 5.78 Å². The van der Waals surface area contributed by atoms with Gasteiger partial charge in [-0.2, -0.15) is 0 Å². The number of benzene rings is 5. The van der Waals surface area contributed by atoms with E-state index in [0.717, 1.165) is 42.0 Å². The first-order chi connectivity index (χ1) is 20.9. The summed E-state index contributed by atoms with van der Waals surface area (Å²) in [7, 11) is 0. The average molecular weight is 777 g/mol. The van der Waals surface area contributed by atoms with Gasteiger partial charge in [-0.3, -0.25) is 9.78 Å². The van der Waals surface area contributed by atoms with Crippen LogP contribution in [0.3, 0.4) is 0 Å². The van der Waals surface area contributed by atoms with Gasteiger partial charge in [-0.1, -0.05) is 86.3 Å². The van der Waals surface area contributed by atoms with Crippen molar-refractivity contribution in [3.05, 3.63) is 89.6 Å². The van der Waals surface area contributed by atoms with Crippen LogP contribution >= 0.6 is 11.3 Å². The zero-order valence-electron chi connectivity index (χ0n) is 26.0. The van der Waals surface area contributed by atoms with E-state index in [1.165, 1.54) is 58.7 Å². The SMILES string of the molecule is CCC(CC)C(=O)/C=C(\O)C(CC)CC.Cc1sc2c3ccccc3c3ccnc4c5[c-]c6ccccc6cc5c1c2c34.[Ir]. The van der Waals surface area contributed by atoms with Crippen LogP contribution in [-0.2, 0) is 24.9 Å². The number of thiophene rings is 1. The van der Waals surface area contributed by atoms with Crippen molar-refractivity contribution in [1.82, 2.24) is 4.98 Å². The monoisotopic (exact) mass is 777 g/mol. The predicted octanol–water partition coefficient (Wildman–Crippen LogP) is 11.5. The number of rotatable bonds is 7. The van der Waals surface area contributed by atoms with Gasteiger partial charge < -0.3 is 5.11 Å². The molecule has 0 aliphatic carbocycles. The summed E-state index contributed by atoms with van der Waals surface area (Å²) in [5, 5.41) is 22.5. The first-order valence-corrected chi connectivity index (χ1v) is 16.4. The Hall–Kier alpha value is -3.37. The van der Waals surface area contributed by atoms with Crippen molar-refractivity contribution >= 4 is 81.2 Å². The molecule has 0 bridgehead atoms. The number of pyridine rings is 1. The minimum absolute atomic E-state index is 0. The van der Waals surface area contributed by atoms with Crippen LogP contribution in [0.4, 0.5) is 0 Å². The molecule has 5 heteroatoms. The summed E-state index contributed by atoms with van der Waals surface area (Å²) in [6, 6.07) is 25.5. The number of hydrogen-bond donors (Lipinski definition) is 1. The van der Waals surface area contributed by atoms with Crippen LogP contribution < -0.4 is 0 Å². The smallest absolute Gasteiger partial charge is 0.162 e. The van der Waals surface area contributed by atoms with E-state index in [2.05, 4.69) is 73.7 Å². The average Bonchev–Trinajstić information content (AvgIpc) is 3.39. The summed E-state index contributed by atoms with van der Waals surface area (Å²) in [4.78, 5) is 17.9. The minimum atomic E-state index is 0. The van der Waals surface area contributed by atoms with Crippen molar-refractivity contribution in [1.29, 1.82) is 0 Å². The van der Waals surface area contributed by atoms with E-state index in [1.807, 2.05) is 45.2 Å². The number of aryl methyl sites for hydroxylation is 1. The summed E-state index contributed by atoms with van der Waals surface area (Å²) < 4.78 is 1.38. The topological polar surface area (TPSA) is 50.2 Å². The minimum Gasteiger partial charge on any atom is -0.512 e. The van der Waals surface area contributed by atoms with Crippen LogP contribution in [0.5, 0.6) is 0 Å². The fraction of sp³-hybridized carbons (Fsp3) is 0.282. The molecule has 0 aliphatic heterocycles. The molecule has 3 nitrogen and oxygen atoms in total. The van der Waals surface area contributed by atoms with Crippen molar-refractivity contribution in [2.45, 2.75) is 60.3 Å². The zero-order valence-corrected chi connectivity index (χ0v) is 29.2. The Kier molecular flexibility index (Phi) is 9.70. The number of hydrogen-bond acceptors (Lipinski definition) is 4. The van der Waals surface area contributed by atoms with E-state index in [9.17, 15) is 9.90 Å². The number of nitrogens with zero attached hydrogens (tertiary/aromatic N) is 1. The van der Waals surface area contributed by atoms with E-state index in [1.54, 1.807) is 0 Å². The third-order valence-electron chi connectivity index (χ3n) is 9.12. The fourth-order valence-corrected chi connectivity index (χ4v) is 7.89. The standard InChI is InChI=1S/C26H14NS.C13H24O2.Ir/c1-14-22-20-12-15-6-2-3-7-16(15)13-21(20)25-23-18(10-11-27-25)17-8-4-5-9-19(17)26(28-14)24(22)23;1-5-10(6-2)12(14)9-13(15)11(7-3)8-4;/h2-12H,1H3;9-11,14H,5-8H2,1-4H3;/q-1;;/b;12-9-;. The van der Waals surface area contributed by atoms with Crippen LogP contribution in [0, 0.1) is 24.8 Å². The van der Waals surface area contributed by atoms with Crippen molar-refractivity contribution < 1.29 is 30.0 Å². The molecule has 0 unspecified atom stereocenters. The quantitative estimate of drug-likeness (QED) is 0.0577. The second-order valence-electron chi connectivity index (χ2n) is 11.5. The van der Waals surface area contributed by atoms with Gasteiger partial charge in [0.05, 0.1) is 5.76 Å². The van der Waals surface area contributed by atoms with Gasteiger partial charge in [-0.15, -0.1) is 34.9 Å². The van der Waals surface area contributed by atoms with Crippen LogP contribution in [0.25, 0.3) is 64.1 Å². The van der Waals surface area contributed by atoms with Crippen LogP contribution in [0.2, 0.25) is 0 Å². The number of ketones is 1. The molecule has 2 heterocycles. The number of carbonyl (C=O) groups excluding carboxylic acids is 1. The molecule has 0 aliphatic rings. The Labute approximate surface area is 276 Å². The maximum atomic E-state index is 11.7. The molecule has 0 amide bonds. The summed E-state index contributed by atoms with van der Waals surface area (Å²) in [6.45, 7) is 10.3. The Bertz CT molecular complexity index is 2140. The molecule has 0 saturated heterocycles. The molecule has 0 fully saturated rings. The largest absolute Gasteiger partial charge is 0.512 e. The first-order valence-electron chi connectivity index (χ1n) is 15.5. The third-order valence-corrected chi connectivity index (χ3v) is 10.3. The van der Waals surface area contributed by atoms with Gasteiger partial charge in [-0.05, 0) is 65.6 Å². The molecule has 1 N–H and O–H groups in total. The molecular weight excluding hydrogens is 739 g/mol. The van der Waals surface area contributed by atoms with Crippen molar-refractivity contribution in [2.24, 2.45) is 11.8 Å². The van der Waals surface area contributed by atoms with E-state index in [4.69, 9.17) is 4.98 Å². The molecule has 0 saturated carbocycles. The number of carbonyl (C=O) groups is 1. The Morgan fingerprint density at radius 1 is 0.841 bits per heavy atom. The third kappa shape index (κ3) is 5.40. The van der Waals surface area contributed by atoms with Crippen molar-refractivity contribution in [3.63, 3.8) is 0 Å². The molecule has 7 rings (SSSR count). The Morgan fingerprint density at radius 2 is 1.50 bits per heavy atom. The van der Waals surface area contributed by atoms with E-state index in [0.29, 0.717) is 0 Å². The van der Waals surface area contributed by atoms with Crippen molar-refractivity contribution in [2.75, 3.05) is 0 Å². The maximum Gasteiger partial charge on any atom is 0.162 e. The molecule has 2 aromatic heterocycles. The number of allylic oxidation sites excluding steroid dienone is 2.